The summed E-state index contributed by atoms with van der Waals surface area (Å²) in [7, 11) is 0. The lowest BCUT2D eigenvalue weighted by Gasteiger charge is -2.45. The van der Waals surface area contributed by atoms with Crippen molar-refractivity contribution in [3.8, 4) is 0 Å². The number of likely N-dealkylation sites (tertiary alicyclic amines) is 1. The standard InChI is InChI=1S/C26H25NO6/c1-14(28)32-12-26(3,13-33-15(2)29)27-24(30)22-20-16-8-4-5-9-17(16)21(23(22)25(27)31)19-11-7-6-10-18(19)20/h4-11,20-23H,12-13H2,1-3H3/t20?,21?,22-,23-/m1/s1. The number of ether oxygens (including phenoxy) is 2. The highest BCUT2D eigenvalue weighted by atomic mass is 16.5. The topological polar surface area (TPSA) is 90.0 Å². The van der Waals surface area contributed by atoms with Gasteiger partial charge in [-0.1, -0.05) is 48.5 Å². The molecular formula is C26H25NO6. The van der Waals surface area contributed by atoms with Crippen LogP contribution in [0, 0.1) is 11.8 Å². The number of carbonyl (C=O) groups is 4. The van der Waals surface area contributed by atoms with Crippen molar-refractivity contribution < 1.29 is 28.7 Å². The second-order valence-corrected chi connectivity index (χ2v) is 9.33. The summed E-state index contributed by atoms with van der Waals surface area (Å²) in [4.78, 5) is 52.1. The summed E-state index contributed by atoms with van der Waals surface area (Å²) in [5, 5.41) is 0. The maximum atomic E-state index is 13.9. The van der Waals surface area contributed by atoms with Crippen LogP contribution in [-0.2, 0) is 28.7 Å². The smallest absolute Gasteiger partial charge is 0.302 e. The van der Waals surface area contributed by atoms with Gasteiger partial charge in [0.05, 0.1) is 11.8 Å². The Morgan fingerprint density at radius 2 is 1.09 bits per heavy atom. The predicted molar refractivity (Wildman–Crippen MR) is 117 cm³/mol. The van der Waals surface area contributed by atoms with Crippen molar-refractivity contribution in [1.82, 2.24) is 4.90 Å². The Morgan fingerprint density at radius 1 is 0.758 bits per heavy atom. The molecule has 1 heterocycles. The van der Waals surface area contributed by atoms with E-state index in [4.69, 9.17) is 9.47 Å². The van der Waals surface area contributed by atoms with Crippen LogP contribution < -0.4 is 0 Å². The average Bonchev–Trinajstić information content (AvgIpc) is 3.07. The number of imide groups is 1. The molecule has 7 heteroatoms. The van der Waals surface area contributed by atoms with E-state index in [0.29, 0.717) is 0 Å². The lowest BCUT2D eigenvalue weighted by molar-refractivity contribution is -0.164. The molecule has 2 amide bonds. The summed E-state index contributed by atoms with van der Waals surface area (Å²) >= 11 is 0. The van der Waals surface area contributed by atoms with Crippen molar-refractivity contribution in [2.75, 3.05) is 13.2 Å². The van der Waals surface area contributed by atoms with Gasteiger partial charge in [0.15, 0.2) is 0 Å². The van der Waals surface area contributed by atoms with Gasteiger partial charge in [0, 0.05) is 25.7 Å². The first-order chi connectivity index (χ1) is 15.7. The molecule has 7 nitrogen and oxygen atoms in total. The van der Waals surface area contributed by atoms with E-state index in [0.717, 1.165) is 22.3 Å². The third kappa shape index (κ3) is 3.09. The van der Waals surface area contributed by atoms with E-state index >= 15 is 0 Å². The highest BCUT2D eigenvalue weighted by Gasteiger charge is 2.64. The Hall–Kier alpha value is -3.48. The van der Waals surface area contributed by atoms with Crippen LogP contribution in [0.3, 0.4) is 0 Å². The monoisotopic (exact) mass is 447 g/mol. The van der Waals surface area contributed by atoms with E-state index in [1.807, 2.05) is 48.5 Å². The van der Waals surface area contributed by atoms with Crippen LogP contribution in [0.4, 0.5) is 0 Å². The van der Waals surface area contributed by atoms with E-state index < -0.39 is 29.3 Å². The van der Waals surface area contributed by atoms with E-state index in [9.17, 15) is 19.2 Å². The van der Waals surface area contributed by atoms with Gasteiger partial charge in [0.25, 0.3) is 0 Å². The van der Waals surface area contributed by atoms with Crippen LogP contribution in [0.2, 0.25) is 0 Å². The van der Waals surface area contributed by atoms with Crippen LogP contribution >= 0.6 is 0 Å². The largest absolute Gasteiger partial charge is 0.463 e. The highest BCUT2D eigenvalue weighted by molar-refractivity contribution is 6.08. The summed E-state index contributed by atoms with van der Waals surface area (Å²) in [6.45, 7) is 3.64. The van der Waals surface area contributed by atoms with Gasteiger partial charge in [0.2, 0.25) is 11.8 Å². The van der Waals surface area contributed by atoms with Crippen LogP contribution in [0.25, 0.3) is 0 Å². The van der Waals surface area contributed by atoms with Crippen LogP contribution in [-0.4, -0.2) is 47.4 Å². The molecule has 6 rings (SSSR count). The van der Waals surface area contributed by atoms with Crippen LogP contribution in [0.15, 0.2) is 48.5 Å². The molecule has 1 aliphatic heterocycles. The normalized spacial score (nSPS) is 24.8. The van der Waals surface area contributed by atoms with Gasteiger partial charge in [-0.2, -0.15) is 0 Å². The van der Waals surface area contributed by atoms with Crippen molar-refractivity contribution in [3.05, 3.63) is 70.8 Å². The van der Waals surface area contributed by atoms with Crippen molar-refractivity contribution in [2.24, 2.45) is 11.8 Å². The minimum Gasteiger partial charge on any atom is -0.463 e. The first-order valence-corrected chi connectivity index (χ1v) is 11.1. The summed E-state index contributed by atoms with van der Waals surface area (Å²) in [5.41, 5.74) is 3.00. The number of esters is 2. The third-order valence-corrected chi connectivity index (χ3v) is 7.16. The molecule has 4 aliphatic rings. The highest BCUT2D eigenvalue weighted by Crippen LogP contribution is 2.61. The quantitative estimate of drug-likeness (QED) is 0.517. The van der Waals surface area contributed by atoms with Crippen molar-refractivity contribution in [1.29, 1.82) is 0 Å². The second kappa shape index (κ2) is 7.54. The Balaban J connectivity index is 1.61. The molecule has 0 spiro atoms. The first-order valence-electron chi connectivity index (χ1n) is 11.1. The van der Waals surface area contributed by atoms with Gasteiger partial charge in [0.1, 0.15) is 18.8 Å². The lowest BCUT2D eigenvalue weighted by atomic mass is 9.55. The van der Waals surface area contributed by atoms with Crippen molar-refractivity contribution in [2.45, 2.75) is 38.1 Å². The Bertz CT molecular complexity index is 1050. The second-order valence-electron chi connectivity index (χ2n) is 9.33. The van der Waals surface area contributed by atoms with Gasteiger partial charge in [-0.3, -0.25) is 24.1 Å². The van der Waals surface area contributed by atoms with Gasteiger partial charge < -0.3 is 9.47 Å². The molecule has 1 saturated heterocycles. The van der Waals surface area contributed by atoms with Crippen molar-refractivity contribution in [3.63, 3.8) is 0 Å². The zero-order chi connectivity index (χ0) is 23.5. The molecule has 0 radical (unpaired) electrons. The molecule has 0 unspecified atom stereocenters. The number of rotatable bonds is 5. The summed E-state index contributed by atoms with van der Waals surface area (Å²) in [5.74, 6) is -3.29. The minimum absolute atomic E-state index is 0.236. The number of hydrogen-bond acceptors (Lipinski definition) is 6. The van der Waals surface area contributed by atoms with E-state index in [1.54, 1.807) is 6.92 Å². The minimum atomic E-state index is -1.30. The van der Waals surface area contributed by atoms with Crippen molar-refractivity contribution >= 4 is 23.8 Å². The fraction of sp³-hybridized carbons (Fsp3) is 0.385. The zero-order valence-corrected chi connectivity index (χ0v) is 18.7. The molecule has 170 valence electrons. The van der Waals surface area contributed by atoms with E-state index in [-0.39, 0.29) is 36.9 Å². The molecule has 3 aliphatic carbocycles. The summed E-state index contributed by atoms with van der Waals surface area (Å²) in [6, 6.07) is 16.0. The van der Waals surface area contributed by atoms with E-state index in [2.05, 4.69) is 0 Å². The predicted octanol–water partition coefficient (Wildman–Crippen LogP) is 2.76. The Morgan fingerprint density at radius 3 is 1.39 bits per heavy atom. The maximum Gasteiger partial charge on any atom is 0.302 e. The summed E-state index contributed by atoms with van der Waals surface area (Å²) < 4.78 is 10.4. The fourth-order valence-corrected chi connectivity index (χ4v) is 5.89. The molecule has 0 N–H and O–H groups in total. The van der Waals surface area contributed by atoms with Gasteiger partial charge >= 0.3 is 11.9 Å². The van der Waals surface area contributed by atoms with Crippen LogP contribution in [0.1, 0.15) is 54.9 Å². The molecule has 2 aromatic rings. The van der Waals surface area contributed by atoms with Gasteiger partial charge in [-0.05, 0) is 29.2 Å². The molecule has 2 atom stereocenters. The molecule has 33 heavy (non-hydrogen) atoms. The molecule has 2 bridgehead atoms. The maximum absolute atomic E-state index is 13.9. The number of amides is 2. The third-order valence-electron chi connectivity index (χ3n) is 7.16. The number of carbonyl (C=O) groups excluding carboxylic acids is 4. The lowest BCUT2D eigenvalue weighted by Crippen LogP contribution is -2.56. The Labute approximate surface area is 191 Å². The number of hydrogen-bond donors (Lipinski definition) is 0. The molecule has 0 aromatic heterocycles. The Kier molecular flexibility index (Phi) is 4.88. The first kappa shape index (κ1) is 21.4. The molecule has 1 fully saturated rings. The summed E-state index contributed by atoms with van der Waals surface area (Å²) in [6.07, 6.45) is 0. The SMILES string of the molecule is CC(=O)OCC(C)(COC(C)=O)N1C(=O)[C@@H]2C3c4ccccc4C(c4ccccc43)[C@H]2C1=O. The molecule has 2 aromatic carbocycles. The number of benzene rings is 2. The van der Waals surface area contributed by atoms with Gasteiger partial charge in [-0.25, -0.2) is 0 Å². The zero-order valence-electron chi connectivity index (χ0n) is 18.7. The van der Waals surface area contributed by atoms with Crippen LogP contribution in [0.5, 0.6) is 0 Å². The number of nitrogens with zero attached hydrogens (tertiary/aromatic N) is 1. The molecular weight excluding hydrogens is 422 g/mol. The van der Waals surface area contributed by atoms with Gasteiger partial charge in [-0.15, -0.1) is 0 Å². The molecule has 0 saturated carbocycles. The fourth-order valence-electron chi connectivity index (χ4n) is 5.89. The van der Waals surface area contributed by atoms with E-state index in [1.165, 1.54) is 18.7 Å². The average molecular weight is 447 g/mol.